The van der Waals surface area contributed by atoms with Gasteiger partial charge < -0.3 is 9.84 Å². The predicted octanol–water partition coefficient (Wildman–Crippen LogP) is 1.81. The van der Waals surface area contributed by atoms with E-state index >= 15 is 0 Å². The minimum absolute atomic E-state index is 0.142. The van der Waals surface area contributed by atoms with E-state index in [0.29, 0.717) is 6.61 Å². The molecular weight excluding hydrogens is 156 g/mol. The van der Waals surface area contributed by atoms with Gasteiger partial charge in [-0.1, -0.05) is 0 Å². The third-order valence-corrected chi connectivity index (χ3v) is 2.19. The van der Waals surface area contributed by atoms with E-state index in [1.165, 1.54) is 0 Å². The van der Waals surface area contributed by atoms with E-state index in [1.807, 2.05) is 0 Å². The molecule has 12 heavy (non-hydrogen) atoms. The molecule has 1 N–H and O–H groups in total. The Kier molecular flexibility index (Phi) is 3.09. The Morgan fingerprint density at radius 2 is 2.17 bits per heavy atom. The normalized spacial score (nSPS) is 19.1. The van der Waals surface area contributed by atoms with E-state index in [-0.39, 0.29) is 12.0 Å². The van der Waals surface area contributed by atoms with Crippen LogP contribution in [0.1, 0.15) is 39.0 Å². The second-order valence-electron chi connectivity index (χ2n) is 3.65. The molecule has 3 nitrogen and oxygen atoms in total. The van der Waals surface area contributed by atoms with Crippen LogP contribution in [0, 0.1) is 0 Å². The maximum atomic E-state index is 10.1. The van der Waals surface area contributed by atoms with Crippen LogP contribution in [0.2, 0.25) is 0 Å². The maximum Gasteiger partial charge on any atom is 0.303 e. The summed E-state index contributed by atoms with van der Waals surface area (Å²) in [5, 5.41) is 8.34. The van der Waals surface area contributed by atoms with Gasteiger partial charge in [0.05, 0.1) is 5.60 Å². The molecule has 0 spiro atoms. The van der Waals surface area contributed by atoms with Crippen LogP contribution in [0.5, 0.6) is 0 Å². The number of carbonyl (C=O) groups is 1. The number of carboxylic acids is 1. The van der Waals surface area contributed by atoms with Gasteiger partial charge in [0, 0.05) is 13.0 Å². The highest BCUT2D eigenvalue weighted by molar-refractivity contribution is 5.66. The van der Waals surface area contributed by atoms with Crippen molar-refractivity contribution in [2.45, 2.75) is 44.6 Å². The first kappa shape index (κ1) is 9.52. The van der Waals surface area contributed by atoms with Crippen LogP contribution >= 0.6 is 0 Å². The Hall–Kier alpha value is -0.570. The molecular formula is C9H16O3. The first-order valence-corrected chi connectivity index (χ1v) is 4.48. The Labute approximate surface area is 72.7 Å². The summed E-state index contributed by atoms with van der Waals surface area (Å²) in [5.41, 5.74) is 0.142. The van der Waals surface area contributed by atoms with Gasteiger partial charge in [-0.3, -0.25) is 4.79 Å². The zero-order valence-corrected chi connectivity index (χ0v) is 7.51. The largest absolute Gasteiger partial charge is 0.481 e. The SMILES string of the molecule is CC1(OCCCCC(=O)O)CC1. The summed E-state index contributed by atoms with van der Waals surface area (Å²) in [6.45, 7) is 2.81. The second-order valence-corrected chi connectivity index (χ2v) is 3.65. The van der Waals surface area contributed by atoms with E-state index in [4.69, 9.17) is 9.84 Å². The van der Waals surface area contributed by atoms with Crippen molar-refractivity contribution < 1.29 is 14.6 Å². The smallest absolute Gasteiger partial charge is 0.303 e. The van der Waals surface area contributed by atoms with Crippen LogP contribution in [0.4, 0.5) is 0 Å². The molecule has 1 fully saturated rings. The summed E-state index contributed by atoms with van der Waals surface area (Å²) < 4.78 is 5.53. The van der Waals surface area contributed by atoms with Gasteiger partial charge >= 0.3 is 5.97 Å². The zero-order valence-electron chi connectivity index (χ0n) is 7.51. The first-order valence-electron chi connectivity index (χ1n) is 4.48. The van der Waals surface area contributed by atoms with Gasteiger partial charge in [0.2, 0.25) is 0 Å². The van der Waals surface area contributed by atoms with Gasteiger partial charge in [0.25, 0.3) is 0 Å². The molecule has 1 aliphatic carbocycles. The summed E-state index contributed by atoms with van der Waals surface area (Å²) in [7, 11) is 0. The second kappa shape index (κ2) is 3.90. The number of rotatable bonds is 6. The molecule has 0 radical (unpaired) electrons. The van der Waals surface area contributed by atoms with Gasteiger partial charge in [0.15, 0.2) is 0 Å². The zero-order chi connectivity index (χ0) is 9.03. The average molecular weight is 172 g/mol. The minimum Gasteiger partial charge on any atom is -0.481 e. The molecule has 0 aliphatic heterocycles. The molecule has 3 heteroatoms. The summed E-state index contributed by atoms with van der Waals surface area (Å²) in [6, 6.07) is 0. The Morgan fingerprint density at radius 1 is 1.50 bits per heavy atom. The van der Waals surface area contributed by atoms with Crippen LogP contribution in [-0.4, -0.2) is 23.3 Å². The van der Waals surface area contributed by atoms with E-state index < -0.39 is 5.97 Å². The van der Waals surface area contributed by atoms with Crippen molar-refractivity contribution in [2.24, 2.45) is 0 Å². The number of carboxylic acid groups (broad SMARTS) is 1. The summed E-state index contributed by atoms with van der Waals surface area (Å²) in [5.74, 6) is -0.715. The molecule has 0 saturated heterocycles. The first-order chi connectivity index (χ1) is 5.62. The number of hydrogen-bond acceptors (Lipinski definition) is 2. The third-order valence-electron chi connectivity index (χ3n) is 2.19. The van der Waals surface area contributed by atoms with E-state index in [0.717, 1.165) is 25.7 Å². The fraction of sp³-hybridized carbons (Fsp3) is 0.889. The lowest BCUT2D eigenvalue weighted by Gasteiger charge is -2.09. The van der Waals surface area contributed by atoms with Crippen LogP contribution in [0.15, 0.2) is 0 Å². The molecule has 0 heterocycles. The number of aliphatic carboxylic acids is 1. The van der Waals surface area contributed by atoms with Gasteiger partial charge in [0.1, 0.15) is 0 Å². The van der Waals surface area contributed by atoms with Gasteiger partial charge in [-0.05, 0) is 32.6 Å². The van der Waals surface area contributed by atoms with Crippen LogP contribution in [0.3, 0.4) is 0 Å². The molecule has 0 aromatic carbocycles. The molecule has 1 aliphatic rings. The minimum atomic E-state index is -0.715. The fourth-order valence-electron chi connectivity index (χ4n) is 1.02. The highest BCUT2D eigenvalue weighted by atomic mass is 16.5. The van der Waals surface area contributed by atoms with Crippen molar-refractivity contribution in [2.75, 3.05) is 6.61 Å². The standard InChI is InChI=1S/C9H16O3/c1-9(5-6-9)12-7-3-2-4-8(10)11/h2-7H2,1H3,(H,10,11). The quantitative estimate of drug-likeness (QED) is 0.621. The van der Waals surface area contributed by atoms with Crippen molar-refractivity contribution in [1.82, 2.24) is 0 Å². The number of unbranched alkanes of at least 4 members (excludes halogenated alkanes) is 1. The van der Waals surface area contributed by atoms with Gasteiger partial charge in [-0.25, -0.2) is 0 Å². The Morgan fingerprint density at radius 3 is 2.67 bits per heavy atom. The average Bonchev–Trinajstić information content (AvgIpc) is 2.67. The molecule has 1 saturated carbocycles. The van der Waals surface area contributed by atoms with Crippen molar-refractivity contribution >= 4 is 5.97 Å². The van der Waals surface area contributed by atoms with E-state index in [2.05, 4.69) is 6.92 Å². The highest BCUT2D eigenvalue weighted by Crippen LogP contribution is 2.38. The lowest BCUT2D eigenvalue weighted by atomic mass is 10.2. The van der Waals surface area contributed by atoms with Gasteiger partial charge in [-0.2, -0.15) is 0 Å². The molecule has 0 aromatic heterocycles. The Bertz CT molecular complexity index is 161. The molecule has 0 atom stereocenters. The summed E-state index contributed by atoms with van der Waals surface area (Å²) in [4.78, 5) is 10.1. The molecule has 70 valence electrons. The molecule has 0 bridgehead atoms. The van der Waals surface area contributed by atoms with E-state index in [9.17, 15) is 4.79 Å². The van der Waals surface area contributed by atoms with E-state index in [1.54, 1.807) is 0 Å². The molecule has 0 unspecified atom stereocenters. The van der Waals surface area contributed by atoms with Gasteiger partial charge in [-0.15, -0.1) is 0 Å². The lowest BCUT2D eigenvalue weighted by molar-refractivity contribution is -0.137. The highest BCUT2D eigenvalue weighted by Gasteiger charge is 2.38. The molecule has 0 aromatic rings. The van der Waals surface area contributed by atoms with Crippen molar-refractivity contribution in [3.05, 3.63) is 0 Å². The predicted molar refractivity (Wildman–Crippen MR) is 45.1 cm³/mol. The lowest BCUT2D eigenvalue weighted by Crippen LogP contribution is -2.09. The fourth-order valence-corrected chi connectivity index (χ4v) is 1.02. The van der Waals surface area contributed by atoms with Crippen LogP contribution < -0.4 is 0 Å². The van der Waals surface area contributed by atoms with Crippen LogP contribution in [-0.2, 0) is 9.53 Å². The third kappa shape index (κ3) is 3.72. The monoisotopic (exact) mass is 172 g/mol. The summed E-state index contributed by atoms with van der Waals surface area (Å²) >= 11 is 0. The molecule has 0 amide bonds. The maximum absolute atomic E-state index is 10.1. The topological polar surface area (TPSA) is 46.5 Å². The van der Waals surface area contributed by atoms with Crippen molar-refractivity contribution in [3.8, 4) is 0 Å². The number of ether oxygens (including phenoxy) is 1. The van der Waals surface area contributed by atoms with Crippen LogP contribution in [0.25, 0.3) is 0 Å². The Balaban J connectivity index is 1.86. The van der Waals surface area contributed by atoms with Crippen molar-refractivity contribution in [1.29, 1.82) is 0 Å². The number of hydrogen-bond donors (Lipinski definition) is 1. The van der Waals surface area contributed by atoms with Crippen molar-refractivity contribution in [3.63, 3.8) is 0 Å². The molecule has 1 rings (SSSR count). The summed E-state index contributed by atoms with van der Waals surface area (Å²) in [6.07, 6.45) is 4.17.